The first-order chi connectivity index (χ1) is 5.57. The van der Waals surface area contributed by atoms with E-state index in [0.717, 1.165) is 19.4 Å². The molecule has 72 valence electrons. The van der Waals surface area contributed by atoms with E-state index in [1.807, 2.05) is 0 Å². The number of halogens is 1. The lowest BCUT2D eigenvalue weighted by atomic mass is 9.94. The Balaban J connectivity index is 2.51. The molecule has 0 amide bonds. The van der Waals surface area contributed by atoms with Crippen LogP contribution in [0.1, 0.15) is 19.8 Å². The van der Waals surface area contributed by atoms with Crippen molar-refractivity contribution in [1.82, 2.24) is 4.90 Å². The summed E-state index contributed by atoms with van der Waals surface area (Å²) in [5.41, 5.74) is -0.850. The summed E-state index contributed by atoms with van der Waals surface area (Å²) in [6.07, 6.45) is 1.70. The third-order valence-electron chi connectivity index (χ3n) is 2.38. The molecule has 4 heteroatoms. The van der Waals surface area contributed by atoms with Crippen LogP contribution in [0, 0.1) is 0 Å². The lowest BCUT2D eigenvalue weighted by Crippen LogP contribution is -2.51. The van der Waals surface area contributed by atoms with Gasteiger partial charge in [-0.1, -0.05) is 22.6 Å². The van der Waals surface area contributed by atoms with Crippen molar-refractivity contribution in [3.8, 4) is 0 Å². The van der Waals surface area contributed by atoms with Crippen molar-refractivity contribution in [2.24, 2.45) is 0 Å². The first-order valence-electron chi connectivity index (χ1n) is 4.29. The van der Waals surface area contributed by atoms with Gasteiger partial charge in [-0.2, -0.15) is 0 Å². The number of alkyl halides is 1. The number of piperidine rings is 1. The number of hydrogen-bond acceptors (Lipinski definition) is 3. The summed E-state index contributed by atoms with van der Waals surface area (Å²) in [7, 11) is 0. The highest BCUT2D eigenvalue weighted by Gasteiger charge is 2.33. The molecule has 0 spiro atoms. The fourth-order valence-corrected chi connectivity index (χ4v) is 2.06. The summed E-state index contributed by atoms with van der Waals surface area (Å²) in [4.78, 5) is 2.19. The Morgan fingerprint density at radius 2 is 2.33 bits per heavy atom. The van der Waals surface area contributed by atoms with E-state index < -0.39 is 5.60 Å². The molecule has 0 saturated carbocycles. The number of hydrogen-bond donors (Lipinski definition) is 2. The van der Waals surface area contributed by atoms with Crippen LogP contribution in [0.4, 0.5) is 0 Å². The Kier molecular flexibility index (Phi) is 3.75. The summed E-state index contributed by atoms with van der Waals surface area (Å²) >= 11 is 2.33. The maximum atomic E-state index is 9.80. The van der Waals surface area contributed by atoms with Gasteiger partial charge in [-0.3, -0.25) is 4.90 Å². The second kappa shape index (κ2) is 4.21. The van der Waals surface area contributed by atoms with Crippen LogP contribution < -0.4 is 0 Å². The van der Waals surface area contributed by atoms with Gasteiger partial charge in [0.15, 0.2) is 0 Å². The van der Waals surface area contributed by atoms with Crippen LogP contribution >= 0.6 is 22.6 Å². The van der Waals surface area contributed by atoms with E-state index in [2.05, 4.69) is 34.4 Å². The molecule has 1 saturated heterocycles. The van der Waals surface area contributed by atoms with E-state index >= 15 is 0 Å². The fourth-order valence-electron chi connectivity index (χ4n) is 1.58. The minimum Gasteiger partial charge on any atom is -0.393 e. The molecule has 12 heavy (non-hydrogen) atoms. The Labute approximate surface area is 86.9 Å². The number of nitrogens with zero attached hydrogens (tertiary/aromatic N) is 1. The summed E-state index contributed by atoms with van der Waals surface area (Å²) in [5.74, 6) is 0. The topological polar surface area (TPSA) is 43.7 Å². The molecule has 0 aromatic heterocycles. The molecule has 1 rings (SSSR count). The minimum atomic E-state index is -0.850. The Bertz CT molecular complexity index is 154. The highest BCUT2D eigenvalue weighted by atomic mass is 127. The van der Waals surface area contributed by atoms with Crippen molar-refractivity contribution >= 4 is 22.6 Å². The SMILES string of the molecule is CC(I)N1CCCC(O)(CO)C1. The second-order valence-electron chi connectivity index (χ2n) is 3.53. The molecule has 3 nitrogen and oxygen atoms in total. The van der Waals surface area contributed by atoms with E-state index in [1.165, 1.54) is 0 Å². The summed E-state index contributed by atoms with van der Waals surface area (Å²) in [6.45, 7) is 3.62. The average molecular weight is 285 g/mol. The Hall–Kier alpha value is 0.610. The number of aliphatic hydroxyl groups is 2. The monoisotopic (exact) mass is 285 g/mol. The zero-order valence-corrected chi connectivity index (χ0v) is 9.49. The summed E-state index contributed by atoms with van der Waals surface area (Å²) < 4.78 is 0.431. The number of rotatable bonds is 2. The van der Waals surface area contributed by atoms with Gasteiger partial charge in [-0.15, -0.1) is 0 Å². The quantitative estimate of drug-likeness (QED) is 0.443. The van der Waals surface area contributed by atoms with Crippen LogP contribution in [0.5, 0.6) is 0 Å². The van der Waals surface area contributed by atoms with E-state index in [4.69, 9.17) is 5.11 Å². The third kappa shape index (κ3) is 2.55. The van der Waals surface area contributed by atoms with Crippen LogP contribution in [0.3, 0.4) is 0 Å². The van der Waals surface area contributed by atoms with Crippen LogP contribution in [0.2, 0.25) is 0 Å². The van der Waals surface area contributed by atoms with Crippen LogP contribution in [-0.2, 0) is 0 Å². The van der Waals surface area contributed by atoms with Gasteiger partial charge in [0.05, 0.1) is 10.7 Å². The maximum Gasteiger partial charge on any atom is 0.100 e. The molecule has 2 unspecified atom stereocenters. The van der Waals surface area contributed by atoms with Gasteiger partial charge in [0.1, 0.15) is 5.60 Å². The predicted octanol–water partition coefficient (Wildman–Crippen LogP) is 0.587. The Morgan fingerprint density at radius 3 is 2.83 bits per heavy atom. The van der Waals surface area contributed by atoms with Crippen molar-refractivity contribution in [3.63, 3.8) is 0 Å². The van der Waals surface area contributed by atoms with Crippen LogP contribution in [0.15, 0.2) is 0 Å². The van der Waals surface area contributed by atoms with Crippen molar-refractivity contribution in [2.45, 2.75) is 29.4 Å². The largest absolute Gasteiger partial charge is 0.393 e. The molecular weight excluding hydrogens is 269 g/mol. The summed E-state index contributed by atoms with van der Waals surface area (Å²) in [6, 6.07) is 0. The molecule has 0 aromatic carbocycles. The molecule has 0 radical (unpaired) electrons. The van der Waals surface area contributed by atoms with E-state index in [0.29, 0.717) is 10.6 Å². The molecule has 1 aliphatic rings. The molecule has 0 aromatic rings. The molecule has 2 atom stereocenters. The van der Waals surface area contributed by atoms with Crippen molar-refractivity contribution in [2.75, 3.05) is 19.7 Å². The average Bonchev–Trinajstić information content (AvgIpc) is 2.05. The minimum absolute atomic E-state index is 0.118. The first kappa shape index (κ1) is 10.7. The van der Waals surface area contributed by atoms with Crippen LogP contribution in [0.25, 0.3) is 0 Å². The van der Waals surface area contributed by atoms with Crippen LogP contribution in [-0.4, -0.2) is 44.5 Å². The normalized spacial score (nSPS) is 35.0. The standard InChI is InChI=1S/C8H16INO2/c1-7(9)10-4-2-3-8(12,5-10)6-11/h7,11-12H,2-6H2,1H3. The molecule has 0 aliphatic carbocycles. The molecule has 2 N–H and O–H groups in total. The van der Waals surface area contributed by atoms with Crippen molar-refractivity contribution < 1.29 is 10.2 Å². The first-order valence-corrected chi connectivity index (χ1v) is 5.53. The molecule has 1 fully saturated rings. The Morgan fingerprint density at radius 1 is 1.67 bits per heavy atom. The van der Waals surface area contributed by atoms with E-state index in [-0.39, 0.29) is 6.61 Å². The summed E-state index contributed by atoms with van der Waals surface area (Å²) in [5, 5.41) is 18.8. The number of aliphatic hydroxyl groups excluding tert-OH is 1. The van der Waals surface area contributed by atoms with E-state index in [9.17, 15) is 5.11 Å². The third-order valence-corrected chi connectivity index (χ3v) is 3.17. The van der Waals surface area contributed by atoms with Gasteiger partial charge in [-0.05, 0) is 26.3 Å². The molecule has 0 bridgehead atoms. The number of β-amino-alcohol motifs (C(OH)–C–C–N with tert-alkyl or cyclic N) is 1. The van der Waals surface area contributed by atoms with Gasteiger partial charge < -0.3 is 10.2 Å². The van der Waals surface area contributed by atoms with Gasteiger partial charge >= 0.3 is 0 Å². The zero-order valence-electron chi connectivity index (χ0n) is 7.33. The van der Waals surface area contributed by atoms with Gasteiger partial charge in [0, 0.05) is 6.54 Å². The van der Waals surface area contributed by atoms with Crippen molar-refractivity contribution in [3.05, 3.63) is 0 Å². The fraction of sp³-hybridized carbons (Fsp3) is 1.00. The lowest BCUT2D eigenvalue weighted by Gasteiger charge is -2.39. The van der Waals surface area contributed by atoms with Gasteiger partial charge in [0.25, 0.3) is 0 Å². The zero-order chi connectivity index (χ0) is 9.19. The smallest absolute Gasteiger partial charge is 0.100 e. The predicted molar refractivity (Wildman–Crippen MR) is 56.3 cm³/mol. The van der Waals surface area contributed by atoms with E-state index in [1.54, 1.807) is 0 Å². The lowest BCUT2D eigenvalue weighted by molar-refractivity contribution is -0.0670. The number of likely N-dealkylation sites (tertiary alicyclic amines) is 1. The highest BCUT2D eigenvalue weighted by Crippen LogP contribution is 2.23. The van der Waals surface area contributed by atoms with Gasteiger partial charge in [0.2, 0.25) is 0 Å². The van der Waals surface area contributed by atoms with Gasteiger partial charge in [-0.25, -0.2) is 0 Å². The van der Waals surface area contributed by atoms with Crippen molar-refractivity contribution in [1.29, 1.82) is 0 Å². The molecule has 1 heterocycles. The molecule has 1 aliphatic heterocycles. The second-order valence-corrected chi connectivity index (χ2v) is 5.33. The maximum absolute atomic E-state index is 9.80. The highest BCUT2D eigenvalue weighted by molar-refractivity contribution is 14.1. The molecular formula is C8H16INO2.